The Morgan fingerprint density at radius 3 is 2.29 bits per heavy atom. The Bertz CT molecular complexity index is 1570. The van der Waals surface area contributed by atoms with Crippen molar-refractivity contribution in [2.24, 2.45) is 0 Å². The fourth-order valence-corrected chi connectivity index (χ4v) is 6.57. The van der Waals surface area contributed by atoms with Gasteiger partial charge < -0.3 is 15.0 Å². The first kappa shape index (κ1) is 27.1. The molecule has 1 heterocycles. The van der Waals surface area contributed by atoms with Crippen molar-refractivity contribution in [1.29, 1.82) is 0 Å². The predicted molar refractivity (Wildman–Crippen MR) is 171 cm³/mol. The Balaban J connectivity index is 1.40. The largest absolute Gasteiger partial charge is 0.494 e. The minimum absolute atomic E-state index is 0.140. The molecule has 4 aromatic carbocycles. The standard InChI is InChI=1S/C37H40N2O2/c1-4-7-22-41-30-19-14-25(15-20-30)28-23-32-35-31-11-9-8-10-26(31)16-21-33(35)38-37(36(32)34(40)24-28)27-12-17-29(18-13-27)39(5-2)6-3/h8-21,28,37-38H,4-7,22-24H2,1-3H3. The average Bonchev–Trinajstić information content (AvgIpc) is 3.01. The SMILES string of the molecule is CCCCOc1ccc(C2CC(=O)C3=C(C2)c2c(ccc4ccccc24)NC3c2ccc(N(CC)CC)cc2)cc1. The Kier molecular flexibility index (Phi) is 7.82. The number of anilines is 2. The molecule has 4 aromatic rings. The summed E-state index contributed by atoms with van der Waals surface area (Å²) < 4.78 is 5.90. The van der Waals surface area contributed by atoms with E-state index in [9.17, 15) is 4.79 Å². The molecule has 0 amide bonds. The van der Waals surface area contributed by atoms with Gasteiger partial charge in [0.15, 0.2) is 5.78 Å². The van der Waals surface area contributed by atoms with Gasteiger partial charge in [0.2, 0.25) is 0 Å². The molecule has 0 bridgehead atoms. The van der Waals surface area contributed by atoms with Crippen molar-refractivity contribution in [2.45, 2.75) is 58.4 Å². The smallest absolute Gasteiger partial charge is 0.162 e. The molecule has 4 heteroatoms. The minimum Gasteiger partial charge on any atom is -0.494 e. The summed E-state index contributed by atoms with van der Waals surface area (Å²) in [4.78, 5) is 16.5. The highest BCUT2D eigenvalue weighted by molar-refractivity contribution is 6.13. The summed E-state index contributed by atoms with van der Waals surface area (Å²) in [6.07, 6.45) is 3.53. The van der Waals surface area contributed by atoms with Crippen LogP contribution in [0, 0.1) is 0 Å². The molecular formula is C37H40N2O2. The molecule has 2 unspecified atom stereocenters. The molecule has 2 atom stereocenters. The summed E-state index contributed by atoms with van der Waals surface area (Å²) in [5, 5.41) is 6.19. The van der Waals surface area contributed by atoms with Crippen LogP contribution in [-0.4, -0.2) is 25.5 Å². The quantitative estimate of drug-likeness (QED) is 0.214. The number of carbonyl (C=O) groups excluding carboxylic acids is 1. The number of nitrogens with one attached hydrogen (secondary N) is 1. The number of rotatable bonds is 9. The molecule has 0 fully saturated rings. The normalized spacial score (nSPS) is 18.1. The van der Waals surface area contributed by atoms with Gasteiger partial charge in [-0.3, -0.25) is 4.79 Å². The zero-order valence-corrected chi connectivity index (χ0v) is 24.5. The first-order valence-corrected chi connectivity index (χ1v) is 15.2. The van der Waals surface area contributed by atoms with Crippen molar-refractivity contribution in [2.75, 3.05) is 29.9 Å². The van der Waals surface area contributed by atoms with Crippen molar-refractivity contribution in [1.82, 2.24) is 0 Å². The fraction of sp³-hybridized carbons (Fsp3) is 0.324. The van der Waals surface area contributed by atoms with Crippen LogP contribution < -0.4 is 15.0 Å². The summed E-state index contributed by atoms with van der Waals surface area (Å²) in [6.45, 7) is 9.22. The third-order valence-corrected chi connectivity index (χ3v) is 8.80. The monoisotopic (exact) mass is 544 g/mol. The number of Topliss-reactive ketones (excluding diaryl/α,β-unsaturated/α-hetero) is 1. The Labute approximate surface area is 244 Å². The Morgan fingerprint density at radius 1 is 0.829 bits per heavy atom. The number of ether oxygens (including phenoxy) is 1. The Morgan fingerprint density at radius 2 is 1.56 bits per heavy atom. The summed E-state index contributed by atoms with van der Waals surface area (Å²) in [6, 6.07) is 29.9. The van der Waals surface area contributed by atoms with Gasteiger partial charge in [-0.2, -0.15) is 0 Å². The molecule has 1 aliphatic carbocycles. The number of carbonyl (C=O) groups is 1. The van der Waals surface area contributed by atoms with Crippen molar-refractivity contribution in [3.8, 4) is 5.75 Å². The molecule has 210 valence electrons. The van der Waals surface area contributed by atoms with Gasteiger partial charge in [0.25, 0.3) is 0 Å². The highest BCUT2D eigenvalue weighted by Gasteiger charge is 2.38. The summed E-state index contributed by atoms with van der Waals surface area (Å²) >= 11 is 0. The van der Waals surface area contributed by atoms with Crippen LogP contribution in [0.1, 0.15) is 75.1 Å². The lowest BCUT2D eigenvalue weighted by molar-refractivity contribution is -0.116. The van der Waals surface area contributed by atoms with Gasteiger partial charge in [0.05, 0.1) is 12.6 Å². The van der Waals surface area contributed by atoms with E-state index in [4.69, 9.17) is 4.74 Å². The van der Waals surface area contributed by atoms with Crippen LogP contribution in [0.2, 0.25) is 0 Å². The van der Waals surface area contributed by atoms with Crippen LogP contribution in [0.3, 0.4) is 0 Å². The van der Waals surface area contributed by atoms with Crippen molar-refractivity contribution in [3.63, 3.8) is 0 Å². The number of hydrogen-bond acceptors (Lipinski definition) is 4. The molecule has 4 nitrogen and oxygen atoms in total. The van der Waals surface area contributed by atoms with Crippen LogP contribution in [0.4, 0.5) is 11.4 Å². The molecule has 0 saturated carbocycles. The molecule has 0 saturated heterocycles. The predicted octanol–water partition coefficient (Wildman–Crippen LogP) is 8.93. The number of benzene rings is 4. The van der Waals surface area contributed by atoms with E-state index in [2.05, 4.69) is 116 Å². The maximum absolute atomic E-state index is 14.1. The minimum atomic E-state index is -0.160. The second-order valence-electron chi connectivity index (χ2n) is 11.2. The van der Waals surface area contributed by atoms with E-state index >= 15 is 0 Å². The van der Waals surface area contributed by atoms with E-state index in [1.807, 2.05) is 0 Å². The lowest BCUT2D eigenvalue weighted by Crippen LogP contribution is -2.29. The second kappa shape index (κ2) is 11.8. The molecule has 1 N–H and O–H groups in total. The highest BCUT2D eigenvalue weighted by Crippen LogP contribution is 2.51. The molecule has 41 heavy (non-hydrogen) atoms. The van der Waals surface area contributed by atoms with Crippen LogP contribution in [-0.2, 0) is 4.79 Å². The molecular weight excluding hydrogens is 504 g/mol. The number of ketones is 1. The number of nitrogens with zero attached hydrogens (tertiary/aromatic N) is 1. The average molecular weight is 545 g/mol. The van der Waals surface area contributed by atoms with E-state index in [1.54, 1.807) is 0 Å². The maximum Gasteiger partial charge on any atom is 0.162 e. The van der Waals surface area contributed by atoms with Crippen LogP contribution in [0.25, 0.3) is 16.3 Å². The summed E-state index contributed by atoms with van der Waals surface area (Å²) in [5.74, 6) is 1.28. The van der Waals surface area contributed by atoms with Gasteiger partial charge in [-0.15, -0.1) is 0 Å². The first-order chi connectivity index (χ1) is 20.1. The van der Waals surface area contributed by atoms with Gasteiger partial charge >= 0.3 is 0 Å². The van der Waals surface area contributed by atoms with E-state index in [0.29, 0.717) is 6.42 Å². The lowest BCUT2D eigenvalue weighted by atomic mass is 9.71. The van der Waals surface area contributed by atoms with E-state index in [-0.39, 0.29) is 17.7 Å². The van der Waals surface area contributed by atoms with Gasteiger partial charge in [-0.1, -0.05) is 67.9 Å². The van der Waals surface area contributed by atoms with E-state index in [1.165, 1.54) is 33.2 Å². The second-order valence-corrected chi connectivity index (χ2v) is 11.2. The van der Waals surface area contributed by atoms with Crippen LogP contribution >= 0.6 is 0 Å². The van der Waals surface area contributed by atoms with Crippen molar-refractivity contribution < 1.29 is 9.53 Å². The number of unbranched alkanes of at least 4 members (excludes halogenated alkanes) is 1. The first-order valence-electron chi connectivity index (χ1n) is 15.2. The molecule has 0 radical (unpaired) electrons. The molecule has 6 rings (SSSR count). The highest BCUT2D eigenvalue weighted by atomic mass is 16.5. The maximum atomic E-state index is 14.1. The lowest BCUT2D eigenvalue weighted by Gasteiger charge is -2.37. The van der Waals surface area contributed by atoms with E-state index < -0.39 is 0 Å². The van der Waals surface area contributed by atoms with Gasteiger partial charge in [0, 0.05) is 42.0 Å². The van der Waals surface area contributed by atoms with Crippen LogP contribution in [0.15, 0.2) is 90.5 Å². The van der Waals surface area contributed by atoms with E-state index in [0.717, 1.165) is 61.5 Å². The van der Waals surface area contributed by atoms with Crippen molar-refractivity contribution in [3.05, 3.63) is 107 Å². The molecule has 0 aromatic heterocycles. The molecule has 1 aliphatic heterocycles. The topological polar surface area (TPSA) is 41.6 Å². The third kappa shape index (κ3) is 5.24. The zero-order valence-electron chi connectivity index (χ0n) is 24.5. The number of allylic oxidation sites excluding steroid dienone is 1. The zero-order chi connectivity index (χ0) is 28.3. The van der Waals surface area contributed by atoms with Gasteiger partial charge in [-0.05, 0) is 90.4 Å². The van der Waals surface area contributed by atoms with Gasteiger partial charge in [0.1, 0.15) is 5.75 Å². The molecule has 0 spiro atoms. The third-order valence-electron chi connectivity index (χ3n) is 8.80. The number of hydrogen-bond donors (Lipinski definition) is 1. The van der Waals surface area contributed by atoms with Gasteiger partial charge in [-0.25, -0.2) is 0 Å². The van der Waals surface area contributed by atoms with Crippen molar-refractivity contribution >= 4 is 33.5 Å². The summed E-state index contributed by atoms with van der Waals surface area (Å²) in [7, 11) is 0. The summed E-state index contributed by atoms with van der Waals surface area (Å²) in [5.41, 5.74) is 7.96. The number of fused-ring (bicyclic) bond motifs is 4. The Hall–Kier alpha value is -4.05. The fourth-order valence-electron chi connectivity index (χ4n) is 6.57. The molecule has 2 aliphatic rings. The van der Waals surface area contributed by atoms with Crippen LogP contribution in [0.5, 0.6) is 5.75 Å².